The highest BCUT2D eigenvalue weighted by Crippen LogP contribution is 2.14. The lowest BCUT2D eigenvalue weighted by Crippen LogP contribution is -2.43. The van der Waals surface area contributed by atoms with Gasteiger partial charge in [-0.2, -0.15) is 0 Å². The second-order valence-corrected chi connectivity index (χ2v) is 7.78. The molecule has 0 saturated heterocycles. The van der Waals surface area contributed by atoms with Gasteiger partial charge in [0.15, 0.2) is 5.96 Å². The van der Waals surface area contributed by atoms with Crippen molar-refractivity contribution >= 4 is 40.0 Å². The number of halogens is 1. The molecule has 1 unspecified atom stereocenters. The number of nitrogens with one attached hydrogen (secondary N) is 2. The number of guanidine groups is 1. The van der Waals surface area contributed by atoms with E-state index in [2.05, 4.69) is 15.6 Å². The van der Waals surface area contributed by atoms with Crippen molar-refractivity contribution in [2.45, 2.75) is 31.3 Å². The molecule has 0 spiro atoms. The Labute approximate surface area is 168 Å². The molecule has 9 heteroatoms. The molecule has 0 bridgehead atoms. The van der Waals surface area contributed by atoms with Crippen LogP contribution >= 0.6 is 24.0 Å². The van der Waals surface area contributed by atoms with Gasteiger partial charge in [0.25, 0.3) is 0 Å². The van der Waals surface area contributed by atoms with E-state index in [1.54, 1.807) is 31.4 Å². The zero-order valence-electron chi connectivity index (χ0n) is 15.4. The van der Waals surface area contributed by atoms with Crippen LogP contribution in [-0.4, -0.2) is 59.1 Å². The molecule has 144 valence electrons. The largest absolute Gasteiger partial charge is 0.383 e. The van der Waals surface area contributed by atoms with Gasteiger partial charge < -0.3 is 15.4 Å². The molecule has 0 saturated carbocycles. The minimum atomic E-state index is -3.40. The van der Waals surface area contributed by atoms with Crippen LogP contribution in [0.25, 0.3) is 0 Å². The number of aliphatic imine (C=N–C) groups is 1. The summed E-state index contributed by atoms with van der Waals surface area (Å²) in [6.45, 7) is 5.81. The van der Waals surface area contributed by atoms with E-state index >= 15 is 0 Å². The first-order chi connectivity index (χ1) is 11.3. The van der Waals surface area contributed by atoms with Gasteiger partial charge in [-0.25, -0.2) is 17.7 Å². The average Bonchev–Trinajstić information content (AvgIpc) is 2.53. The smallest absolute Gasteiger partial charge is 0.242 e. The quantitative estimate of drug-likeness (QED) is 0.333. The second-order valence-electron chi connectivity index (χ2n) is 5.63. The maximum atomic E-state index is 12.0. The summed E-state index contributed by atoms with van der Waals surface area (Å²) < 4.78 is 30.4. The predicted octanol–water partition coefficient (Wildman–Crippen LogP) is 1.64. The number of methoxy groups -OCH3 is 1. The summed E-state index contributed by atoms with van der Waals surface area (Å²) in [4.78, 5) is 4.79. The van der Waals surface area contributed by atoms with Crippen LogP contribution in [0.4, 0.5) is 0 Å². The summed E-state index contributed by atoms with van der Waals surface area (Å²) in [7, 11) is 1.30. The van der Waals surface area contributed by atoms with Gasteiger partial charge in [0.1, 0.15) is 0 Å². The molecule has 0 radical (unpaired) electrons. The fourth-order valence-electron chi connectivity index (χ4n) is 1.99. The van der Waals surface area contributed by atoms with Crippen molar-refractivity contribution in [3.63, 3.8) is 0 Å². The third-order valence-corrected chi connectivity index (χ3v) is 5.09. The Bertz CT molecular complexity index is 633. The summed E-state index contributed by atoms with van der Waals surface area (Å²) >= 11 is 0. The average molecular weight is 484 g/mol. The molecule has 25 heavy (non-hydrogen) atoms. The maximum Gasteiger partial charge on any atom is 0.242 e. The van der Waals surface area contributed by atoms with Gasteiger partial charge in [-0.05, 0) is 31.5 Å². The molecule has 1 atom stereocenters. The topological polar surface area (TPSA) is 83.0 Å². The summed E-state index contributed by atoms with van der Waals surface area (Å²) in [5.41, 5.74) is 0.935. The van der Waals surface area contributed by atoms with Crippen molar-refractivity contribution in [3.05, 3.63) is 29.8 Å². The van der Waals surface area contributed by atoms with E-state index in [0.29, 0.717) is 19.1 Å². The lowest BCUT2D eigenvalue weighted by atomic mass is 10.2. The van der Waals surface area contributed by atoms with Gasteiger partial charge in [-0.15, -0.1) is 24.0 Å². The molecule has 0 aromatic heterocycles. The van der Waals surface area contributed by atoms with Gasteiger partial charge in [-0.1, -0.05) is 12.1 Å². The summed E-state index contributed by atoms with van der Waals surface area (Å²) in [5, 5.41) is 6.42. The Morgan fingerprint density at radius 1 is 1.28 bits per heavy atom. The Hall–Kier alpha value is -0.910. The van der Waals surface area contributed by atoms with Crippen molar-refractivity contribution in [3.8, 4) is 0 Å². The van der Waals surface area contributed by atoms with Gasteiger partial charge >= 0.3 is 0 Å². The Morgan fingerprint density at radius 2 is 1.88 bits per heavy atom. The molecule has 0 fully saturated rings. The van der Waals surface area contributed by atoms with Crippen LogP contribution in [0.15, 0.2) is 34.2 Å². The first-order valence-electron chi connectivity index (χ1n) is 7.86. The SMILES string of the molecule is CCNC(=NCc1ccc(S(=O)(=O)N(C)C)cc1)NC(C)COC.I. The van der Waals surface area contributed by atoms with E-state index in [1.807, 2.05) is 13.8 Å². The highest BCUT2D eigenvalue weighted by molar-refractivity contribution is 14.0. The van der Waals surface area contributed by atoms with Crippen molar-refractivity contribution in [1.82, 2.24) is 14.9 Å². The van der Waals surface area contributed by atoms with E-state index < -0.39 is 10.0 Å². The zero-order chi connectivity index (χ0) is 18.2. The molecule has 1 aromatic rings. The molecule has 0 heterocycles. The van der Waals surface area contributed by atoms with Crippen molar-refractivity contribution < 1.29 is 13.2 Å². The van der Waals surface area contributed by atoms with Gasteiger partial charge in [0.2, 0.25) is 10.0 Å². The Balaban J connectivity index is 0.00000576. The van der Waals surface area contributed by atoms with Crippen LogP contribution in [0, 0.1) is 0 Å². The van der Waals surface area contributed by atoms with E-state index in [9.17, 15) is 8.42 Å². The van der Waals surface area contributed by atoms with Crippen LogP contribution in [0.5, 0.6) is 0 Å². The lowest BCUT2D eigenvalue weighted by molar-refractivity contribution is 0.179. The third-order valence-electron chi connectivity index (χ3n) is 3.27. The van der Waals surface area contributed by atoms with Gasteiger partial charge in [-0.3, -0.25) is 0 Å². The molecule has 0 aliphatic carbocycles. The first-order valence-corrected chi connectivity index (χ1v) is 9.30. The number of benzene rings is 1. The van der Waals surface area contributed by atoms with Crippen LogP contribution in [0.3, 0.4) is 0 Å². The normalized spacial score (nSPS) is 13.3. The van der Waals surface area contributed by atoms with Crippen molar-refractivity contribution in [2.75, 3.05) is 34.4 Å². The van der Waals surface area contributed by atoms with Crippen LogP contribution in [0.1, 0.15) is 19.4 Å². The standard InChI is InChI=1S/C16H28N4O3S.HI/c1-6-17-16(19-13(2)12-23-5)18-11-14-7-9-15(10-8-14)24(21,22)20(3)4;/h7-10,13H,6,11-12H2,1-5H3,(H2,17,18,19);1H. The highest BCUT2D eigenvalue weighted by Gasteiger charge is 2.16. The fourth-order valence-corrected chi connectivity index (χ4v) is 2.89. The molecule has 0 amide bonds. The highest BCUT2D eigenvalue weighted by atomic mass is 127. The van der Waals surface area contributed by atoms with E-state index in [0.717, 1.165) is 12.1 Å². The number of rotatable bonds is 8. The second kappa shape index (κ2) is 11.7. The Kier molecular flexibility index (Phi) is 11.2. The van der Waals surface area contributed by atoms with E-state index in [1.165, 1.54) is 18.4 Å². The molecule has 0 aliphatic rings. The zero-order valence-corrected chi connectivity index (χ0v) is 18.6. The number of ether oxygens (including phenoxy) is 1. The van der Waals surface area contributed by atoms with Crippen molar-refractivity contribution in [2.24, 2.45) is 4.99 Å². The predicted molar refractivity (Wildman–Crippen MR) is 112 cm³/mol. The van der Waals surface area contributed by atoms with Gasteiger partial charge in [0.05, 0.1) is 18.0 Å². The number of hydrogen-bond donors (Lipinski definition) is 2. The monoisotopic (exact) mass is 484 g/mol. The van der Waals surface area contributed by atoms with Gasteiger partial charge in [0, 0.05) is 33.8 Å². The molecule has 2 N–H and O–H groups in total. The van der Waals surface area contributed by atoms with Crippen LogP contribution in [-0.2, 0) is 21.3 Å². The molecular weight excluding hydrogens is 455 g/mol. The lowest BCUT2D eigenvalue weighted by Gasteiger charge is -2.17. The summed E-state index contributed by atoms with van der Waals surface area (Å²) in [6, 6.07) is 6.91. The first kappa shape index (κ1) is 24.1. The molecule has 1 aromatic carbocycles. The van der Waals surface area contributed by atoms with E-state index in [4.69, 9.17) is 4.74 Å². The van der Waals surface area contributed by atoms with Crippen molar-refractivity contribution in [1.29, 1.82) is 0 Å². The molecule has 0 aliphatic heterocycles. The fraction of sp³-hybridized carbons (Fsp3) is 0.562. The summed E-state index contributed by atoms with van der Waals surface area (Å²) in [5.74, 6) is 0.701. The third kappa shape index (κ3) is 7.89. The molecular formula is C16H29IN4O3S. The number of sulfonamides is 1. The van der Waals surface area contributed by atoms with Crippen LogP contribution < -0.4 is 10.6 Å². The minimum Gasteiger partial charge on any atom is -0.383 e. The van der Waals surface area contributed by atoms with Crippen LogP contribution in [0.2, 0.25) is 0 Å². The maximum absolute atomic E-state index is 12.0. The minimum absolute atomic E-state index is 0. The summed E-state index contributed by atoms with van der Waals surface area (Å²) in [6.07, 6.45) is 0. The van der Waals surface area contributed by atoms with E-state index in [-0.39, 0.29) is 34.9 Å². The Morgan fingerprint density at radius 3 is 2.36 bits per heavy atom. The molecule has 1 rings (SSSR count). The number of hydrogen-bond acceptors (Lipinski definition) is 4. The number of nitrogens with zero attached hydrogens (tertiary/aromatic N) is 2. The molecule has 7 nitrogen and oxygen atoms in total.